The van der Waals surface area contributed by atoms with Crippen LogP contribution < -0.4 is 5.73 Å². The van der Waals surface area contributed by atoms with Crippen molar-refractivity contribution in [1.29, 1.82) is 0 Å². The summed E-state index contributed by atoms with van der Waals surface area (Å²) in [6.07, 6.45) is 1.02. The van der Waals surface area contributed by atoms with Crippen LogP contribution in [0.2, 0.25) is 0 Å². The van der Waals surface area contributed by atoms with Crippen molar-refractivity contribution in [3.8, 4) is 0 Å². The second-order valence-electron chi connectivity index (χ2n) is 4.94. The molecule has 2 heterocycles. The first-order valence-corrected chi connectivity index (χ1v) is 9.43. The maximum Gasteiger partial charge on any atom is 0.273 e. The SMILES string of the molecule is NCCc1nc(C(=O)N(CCO)C2CCS(=O)(=O)C2)cs1. The van der Waals surface area contributed by atoms with Gasteiger partial charge in [-0.3, -0.25) is 4.79 Å². The molecule has 1 atom stereocenters. The van der Waals surface area contributed by atoms with Gasteiger partial charge in [-0.15, -0.1) is 11.3 Å². The Balaban J connectivity index is 2.15. The molecule has 0 aliphatic carbocycles. The molecule has 0 saturated carbocycles. The lowest BCUT2D eigenvalue weighted by atomic mass is 10.2. The Morgan fingerprint density at radius 2 is 2.33 bits per heavy atom. The fourth-order valence-electron chi connectivity index (χ4n) is 2.37. The highest BCUT2D eigenvalue weighted by atomic mass is 32.2. The number of sulfone groups is 1. The second-order valence-corrected chi connectivity index (χ2v) is 8.12. The molecule has 1 amide bonds. The van der Waals surface area contributed by atoms with E-state index in [0.717, 1.165) is 5.01 Å². The van der Waals surface area contributed by atoms with Crippen LogP contribution in [0.1, 0.15) is 21.9 Å². The summed E-state index contributed by atoms with van der Waals surface area (Å²) in [6, 6.07) is -0.380. The molecule has 9 heteroatoms. The Kier molecular flexibility index (Phi) is 5.31. The highest BCUT2D eigenvalue weighted by Gasteiger charge is 2.35. The number of thiazole rings is 1. The molecule has 1 aromatic rings. The third-order valence-electron chi connectivity index (χ3n) is 3.38. The summed E-state index contributed by atoms with van der Waals surface area (Å²) in [5.74, 6) is -0.286. The van der Waals surface area contributed by atoms with Crippen LogP contribution in [0.15, 0.2) is 5.38 Å². The normalized spacial score (nSPS) is 20.6. The van der Waals surface area contributed by atoms with Gasteiger partial charge in [0.25, 0.3) is 5.91 Å². The van der Waals surface area contributed by atoms with Crippen molar-refractivity contribution in [1.82, 2.24) is 9.88 Å². The summed E-state index contributed by atoms with van der Waals surface area (Å²) >= 11 is 1.36. The summed E-state index contributed by atoms with van der Waals surface area (Å²) in [7, 11) is -3.09. The number of hydrogen-bond donors (Lipinski definition) is 2. The molecule has 1 aliphatic rings. The molecule has 7 nitrogen and oxygen atoms in total. The van der Waals surface area contributed by atoms with Gasteiger partial charge in [0.1, 0.15) is 5.69 Å². The van der Waals surface area contributed by atoms with Gasteiger partial charge < -0.3 is 15.7 Å². The smallest absolute Gasteiger partial charge is 0.273 e. The number of nitrogens with two attached hydrogens (primary N) is 1. The van der Waals surface area contributed by atoms with E-state index in [1.54, 1.807) is 5.38 Å². The highest BCUT2D eigenvalue weighted by Crippen LogP contribution is 2.20. The van der Waals surface area contributed by atoms with Crippen LogP contribution in [0.4, 0.5) is 0 Å². The second kappa shape index (κ2) is 6.82. The lowest BCUT2D eigenvalue weighted by molar-refractivity contribution is 0.0650. The Morgan fingerprint density at radius 1 is 1.57 bits per heavy atom. The van der Waals surface area contributed by atoms with E-state index in [1.807, 2.05) is 0 Å². The highest BCUT2D eigenvalue weighted by molar-refractivity contribution is 7.91. The number of aliphatic hydroxyl groups is 1. The molecule has 118 valence electrons. The van der Waals surface area contributed by atoms with Crippen molar-refractivity contribution < 1.29 is 18.3 Å². The van der Waals surface area contributed by atoms with E-state index in [9.17, 15) is 13.2 Å². The minimum Gasteiger partial charge on any atom is -0.395 e. The van der Waals surface area contributed by atoms with Crippen molar-refractivity contribution in [2.75, 3.05) is 31.2 Å². The molecule has 0 spiro atoms. The Labute approximate surface area is 127 Å². The summed E-state index contributed by atoms with van der Waals surface area (Å²) in [5, 5.41) is 11.6. The van der Waals surface area contributed by atoms with Gasteiger partial charge in [0.05, 0.1) is 23.1 Å². The number of aromatic nitrogens is 1. The molecule has 0 radical (unpaired) electrons. The van der Waals surface area contributed by atoms with E-state index in [0.29, 0.717) is 25.1 Å². The molecule has 1 fully saturated rings. The molecule has 21 heavy (non-hydrogen) atoms. The predicted molar refractivity (Wildman–Crippen MR) is 80.1 cm³/mol. The molecule has 1 aromatic heterocycles. The fraction of sp³-hybridized carbons (Fsp3) is 0.667. The van der Waals surface area contributed by atoms with Crippen LogP contribution in [-0.2, 0) is 16.3 Å². The summed E-state index contributed by atoms with van der Waals surface area (Å²) in [5.41, 5.74) is 5.75. The maximum absolute atomic E-state index is 12.5. The first-order valence-electron chi connectivity index (χ1n) is 6.73. The van der Waals surface area contributed by atoms with Crippen molar-refractivity contribution in [2.24, 2.45) is 5.73 Å². The van der Waals surface area contributed by atoms with Gasteiger partial charge in [0.2, 0.25) is 0 Å². The lowest BCUT2D eigenvalue weighted by Gasteiger charge is -2.26. The average Bonchev–Trinajstić information content (AvgIpc) is 3.02. The summed E-state index contributed by atoms with van der Waals surface area (Å²) in [6.45, 7) is 0.368. The molecule has 1 saturated heterocycles. The first kappa shape index (κ1) is 16.3. The average molecular weight is 333 g/mol. The number of amides is 1. The summed E-state index contributed by atoms with van der Waals surface area (Å²) in [4.78, 5) is 18.1. The number of aliphatic hydroxyl groups excluding tert-OH is 1. The van der Waals surface area contributed by atoms with Gasteiger partial charge in [0, 0.05) is 24.4 Å². The molecule has 3 N–H and O–H groups in total. The van der Waals surface area contributed by atoms with Crippen molar-refractivity contribution in [3.05, 3.63) is 16.1 Å². The van der Waals surface area contributed by atoms with E-state index >= 15 is 0 Å². The van der Waals surface area contributed by atoms with Crippen LogP contribution in [0, 0.1) is 0 Å². The molecule has 0 aromatic carbocycles. The zero-order valence-electron chi connectivity index (χ0n) is 11.6. The van der Waals surface area contributed by atoms with E-state index in [2.05, 4.69) is 4.98 Å². The van der Waals surface area contributed by atoms with E-state index in [4.69, 9.17) is 10.8 Å². The van der Waals surface area contributed by atoms with Crippen LogP contribution >= 0.6 is 11.3 Å². The predicted octanol–water partition coefficient (Wildman–Crippen LogP) is -0.734. The number of carbonyl (C=O) groups is 1. The minimum absolute atomic E-state index is 0.0431. The minimum atomic E-state index is -3.09. The zero-order chi connectivity index (χ0) is 15.5. The third kappa shape index (κ3) is 4.00. The third-order valence-corrected chi connectivity index (χ3v) is 6.04. The van der Waals surface area contributed by atoms with E-state index < -0.39 is 9.84 Å². The largest absolute Gasteiger partial charge is 0.395 e. The monoisotopic (exact) mass is 333 g/mol. The Morgan fingerprint density at radius 3 is 2.90 bits per heavy atom. The lowest BCUT2D eigenvalue weighted by Crippen LogP contribution is -2.43. The van der Waals surface area contributed by atoms with E-state index in [-0.39, 0.29) is 36.6 Å². The maximum atomic E-state index is 12.5. The molecule has 1 unspecified atom stereocenters. The van der Waals surface area contributed by atoms with Crippen molar-refractivity contribution >= 4 is 27.1 Å². The van der Waals surface area contributed by atoms with Crippen molar-refractivity contribution in [2.45, 2.75) is 18.9 Å². The van der Waals surface area contributed by atoms with Gasteiger partial charge in [-0.25, -0.2) is 13.4 Å². The van der Waals surface area contributed by atoms with Crippen LogP contribution in [0.25, 0.3) is 0 Å². The molecule has 1 aliphatic heterocycles. The topological polar surface area (TPSA) is 114 Å². The van der Waals surface area contributed by atoms with Gasteiger partial charge in [0.15, 0.2) is 9.84 Å². The summed E-state index contributed by atoms with van der Waals surface area (Å²) < 4.78 is 23.1. The van der Waals surface area contributed by atoms with Crippen LogP contribution in [0.5, 0.6) is 0 Å². The van der Waals surface area contributed by atoms with E-state index in [1.165, 1.54) is 16.2 Å². The Bertz CT molecular complexity index is 599. The van der Waals surface area contributed by atoms with Gasteiger partial charge in [-0.1, -0.05) is 0 Å². The Hall–Kier alpha value is -1.03. The molecule has 2 rings (SSSR count). The fourth-order valence-corrected chi connectivity index (χ4v) is 4.89. The first-order chi connectivity index (χ1) is 9.96. The van der Waals surface area contributed by atoms with Crippen LogP contribution in [0.3, 0.4) is 0 Å². The standard InChI is InChI=1S/C12H19N3O4S2/c13-3-1-11-14-10(7-20-11)12(17)15(4-5-16)9-2-6-21(18,19)8-9/h7,9,16H,1-6,8,13H2. The number of carbonyl (C=O) groups excluding carboxylic acids is 1. The van der Waals surface area contributed by atoms with Gasteiger partial charge in [-0.2, -0.15) is 0 Å². The zero-order valence-corrected chi connectivity index (χ0v) is 13.2. The molecular formula is C12H19N3O4S2. The number of rotatable bonds is 6. The van der Waals surface area contributed by atoms with Crippen LogP contribution in [-0.4, -0.2) is 66.6 Å². The van der Waals surface area contributed by atoms with Gasteiger partial charge in [-0.05, 0) is 13.0 Å². The number of hydrogen-bond acceptors (Lipinski definition) is 7. The van der Waals surface area contributed by atoms with Crippen molar-refractivity contribution in [3.63, 3.8) is 0 Å². The number of nitrogens with zero attached hydrogens (tertiary/aromatic N) is 2. The van der Waals surface area contributed by atoms with Gasteiger partial charge >= 0.3 is 0 Å². The molecular weight excluding hydrogens is 314 g/mol. The quantitative estimate of drug-likeness (QED) is 0.709. The molecule has 0 bridgehead atoms.